The number of aliphatic hydroxyl groups excluding tert-OH is 2. The van der Waals surface area contributed by atoms with Gasteiger partial charge in [0, 0.05) is 12.8 Å². The average Bonchev–Trinajstić information content (AvgIpc) is 3.18. The molecule has 3 N–H and O–H groups in total. The van der Waals surface area contributed by atoms with Gasteiger partial charge in [-0.15, -0.1) is 0 Å². The standard InChI is InChI=1S/C49H93NO5/c1-3-5-7-9-11-13-15-18-21-25-29-33-37-41-47(52)46(45-51)50-48(53)42-38-34-30-26-22-19-17-20-24-28-32-36-40-44-55-49(54)43-39-35-31-27-23-16-14-12-10-8-6-4-2/h12,14,19,22,46-47,51-52H,3-11,13,15-18,20-21,23-45H2,1-2H3,(H,50,53)/b14-12-,22-19-. The third-order valence-electron chi connectivity index (χ3n) is 11.0. The van der Waals surface area contributed by atoms with Crippen molar-refractivity contribution >= 4 is 11.9 Å². The van der Waals surface area contributed by atoms with Crippen molar-refractivity contribution in [2.24, 2.45) is 0 Å². The zero-order valence-electron chi connectivity index (χ0n) is 36.7. The second-order valence-corrected chi connectivity index (χ2v) is 16.4. The maximum Gasteiger partial charge on any atom is 0.305 e. The summed E-state index contributed by atoms with van der Waals surface area (Å²) in [6.45, 7) is 4.87. The molecule has 0 aliphatic carbocycles. The SMILES string of the molecule is CCCCC/C=C\CCCCCCCC(=O)OCCCCCCCC/C=C\CCCCCC(=O)NC(CO)C(O)CCCCCCCCCCCCCCC. The monoisotopic (exact) mass is 776 g/mol. The summed E-state index contributed by atoms with van der Waals surface area (Å²) in [7, 11) is 0. The summed E-state index contributed by atoms with van der Waals surface area (Å²) in [5.74, 6) is -0.0894. The quantitative estimate of drug-likeness (QED) is 0.0325. The molecule has 0 aliphatic rings. The van der Waals surface area contributed by atoms with Crippen molar-refractivity contribution in [2.75, 3.05) is 13.2 Å². The molecule has 0 saturated heterocycles. The predicted octanol–water partition coefficient (Wildman–Crippen LogP) is 14.0. The highest BCUT2D eigenvalue weighted by molar-refractivity contribution is 5.76. The molecule has 0 saturated carbocycles. The molecule has 0 bridgehead atoms. The number of hydrogen-bond donors (Lipinski definition) is 3. The molecule has 324 valence electrons. The van der Waals surface area contributed by atoms with Gasteiger partial charge in [-0.25, -0.2) is 0 Å². The van der Waals surface area contributed by atoms with Crippen LogP contribution in [-0.4, -0.2) is 47.4 Å². The van der Waals surface area contributed by atoms with E-state index in [1.54, 1.807) is 0 Å². The second kappa shape index (κ2) is 45.0. The minimum absolute atomic E-state index is 0.0232. The summed E-state index contributed by atoms with van der Waals surface area (Å²) < 4.78 is 5.43. The van der Waals surface area contributed by atoms with E-state index in [4.69, 9.17) is 4.74 Å². The first-order chi connectivity index (χ1) is 27.0. The van der Waals surface area contributed by atoms with E-state index in [1.807, 2.05) is 0 Å². The van der Waals surface area contributed by atoms with E-state index in [9.17, 15) is 19.8 Å². The molecule has 0 aromatic rings. The lowest BCUT2D eigenvalue weighted by atomic mass is 10.0. The van der Waals surface area contributed by atoms with Gasteiger partial charge in [0.2, 0.25) is 5.91 Å². The van der Waals surface area contributed by atoms with E-state index in [1.165, 1.54) is 148 Å². The van der Waals surface area contributed by atoms with E-state index in [2.05, 4.69) is 43.5 Å². The smallest absolute Gasteiger partial charge is 0.305 e. The zero-order valence-corrected chi connectivity index (χ0v) is 36.7. The Labute approximate surface area is 341 Å². The van der Waals surface area contributed by atoms with Gasteiger partial charge in [-0.2, -0.15) is 0 Å². The molecule has 0 aliphatic heterocycles. The van der Waals surface area contributed by atoms with Crippen molar-refractivity contribution in [2.45, 2.75) is 264 Å². The topological polar surface area (TPSA) is 95.9 Å². The number of carbonyl (C=O) groups is 2. The number of allylic oxidation sites excluding steroid dienone is 4. The third-order valence-corrected chi connectivity index (χ3v) is 11.0. The molecule has 6 heteroatoms. The van der Waals surface area contributed by atoms with Crippen molar-refractivity contribution < 1.29 is 24.5 Å². The Morgan fingerprint density at radius 3 is 1.35 bits per heavy atom. The molecule has 2 atom stereocenters. The minimum Gasteiger partial charge on any atom is -0.466 e. The first-order valence-corrected chi connectivity index (χ1v) is 24.1. The summed E-state index contributed by atoms with van der Waals surface area (Å²) >= 11 is 0. The molecule has 55 heavy (non-hydrogen) atoms. The van der Waals surface area contributed by atoms with Crippen LogP contribution in [0.2, 0.25) is 0 Å². The molecule has 0 rings (SSSR count). The fourth-order valence-corrected chi connectivity index (χ4v) is 7.21. The molecule has 0 heterocycles. The van der Waals surface area contributed by atoms with Gasteiger partial charge in [0.25, 0.3) is 0 Å². The van der Waals surface area contributed by atoms with Gasteiger partial charge in [-0.1, -0.05) is 186 Å². The third kappa shape index (κ3) is 41.8. The average molecular weight is 776 g/mol. The van der Waals surface area contributed by atoms with Gasteiger partial charge in [0.1, 0.15) is 0 Å². The first-order valence-electron chi connectivity index (χ1n) is 24.1. The summed E-state index contributed by atoms with van der Waals surface area (Å²) in [6.07, 6.45) is 51.3. The van der Waals surface area contributed by atoms with Crippen LogP contribution in [0.15, 0.2) is 24.3 Å². The molecule has 2 unspecified atom stereocenters. The summed E-state index contributed by atoms with van der Waals surface area (Å²) in [5.41, 5.74) is 0. The number of amides is 1. The Morgan fingerprint density at radius 1 is 0.491 bits per heavy atom. The Kier molecular flexibility index (Phi) is 43.7. The van der Waals surface area contributed by atoms with Gasteiger partial charge >= 0.3 is 5.97 Å². The molecule has 0 aromatic carbocycles. The second-order valence-electron chi connectivity index (χ2n) is 16.4. The van der Waals surface area contributed by atoms with Crippen LogP contribution in [0.1, 0.15) is 251 Å². The highest BCUT2D eigenvalue weighted by Gasteiger charge is 2.20. The van der Waals surface area contributed by atoms with Crippen molar-refractivity contribution in [3.63, 3.8) is 0 Å². The normalized spacial score (nSPS) is 12.9. The number of carbonyl (C=O) groups excluding carboxylic acids is 2. The lowest BCUT2D eigenvalue weighted by Gasteiger charge is -2.22. The molecule has 0 aromatic heterocycles. The number of hydrogen-bond acceptors (Lipinski definition) is 5. The number of esters is 1. The lowest BCUT2D eigenvalue weighted by molar-refractivity contribution is -0.143. The van der Waals surface area contributed by atoms with Gasteiger partial charge < -0.3 is 20.3 Å². The lowest BCUT2D eigenvalue weighted by Crippen LogP contribution is -2.45. The fraction of sp³-hybridized carbons (Fsp3) is 0.878. The molecular weight excluding hydrogens is 683 g/mol. The van der Waals surface area contributed by atoms with Gasteiger partial charge in [-0.3, -0.25) is 9.59 Å². The summed E-state index contributed by atoms with van der Waals surface area (Å²) in [5, 5.41) is 23.1. The molecule has 1 amide bonds. The summed E-state index contributed by atoms with van der Waals surface area (Å²) in [4.78, 5) is 24.4. The van der Waals surface area contributed by atoms with E-state index < -0.39 is 12.1 Å². The van der Waals surface area contributed by atoms with Crippen LogP contribution in [0, 0.1) is 0 Å². The molecule has 0 radical (unpaired) electrons. The number of nitrogens with one attached hydrogen (secondary N) is 1. The van der Waals surface area contributed by atoms with Crippen LogP contribution in [0.3, 0.4) is 0 Å². The van der Waals surface area contributed by atoms with Crippen LogP contribution in [0.25, 0.3) is 0 Å². The molecule has 6 nitrogen and oxygen atoms in total. The Balaban J connectivity index is 3.52. The van der Waals surface area contributed by atoms with E-state index in [0.29, 0.717) is 25.9 Å². The highest BCUT2D eigenvalue weighted by Crippen LogP contribution is 2.15. The minimum atomic E-state index is -0.680. The van der Waals surface area contributed by atoms with Crippen LogP contribution in [-0.2, 0) is 14.3 Å². The predicted molar refractivity (Wildman–Crippen MR) is 236 cm³/mol. The van der Waals surface area contributed by atoms with Crippen LogP contribution in [0.5, 0.6) is 0 Å². The van der Waals surface area contributed by atoms with Gasteiger partial charge in [-0.05, 0) is 77.0 Å². The largest absolute Gasteiger partial charge is 0.466 e. The first kappa shape index (κ1) is 53.3. The number of ether oxygens (including phenoxy) is 1. The van der Waals surface area contributed by atoms with Gasteiger partial charge in [0.15, 0.2) is 0 Å². The fourth-order valence-electron chi connectivity index (χ4n) is 7.21. The summed E-state index contributed by atoms with van der Waals surface area (Å²) in [6, 6.07) is -0.560. The maximum absolute atomic E-state index is 12.4. The van der Waals surface area contributed by atoms with Crippen LogP contribution >= 0.6 is 0 Å². The molecule has 0 fully saturated rings. The highest BCUT2D eigenvalue weighted by atomic mass is 16.5. The van der Waals surface area contributed by atoms with Crippen molar-refractivity contribution in [1.82, 2.24) is 5.32 Å². The van der Waals surface area contributed by atoms with Gasteiger partial charge in [0.05, 0.1) is 25.4 Å². The zero-order chi connectivity index (χ0) is 40.1. The Hall–Kier alpha value is -1.66. The van der Waals surface area contributed by atoms with E-state index in [-0.39, 0.29) is 18.5 Å². The number of aliphatic hydroxyl groups is 2. The van der Waals surface area contributed by atoms with Crippen molar-refractivity contribution in [3.05, 3.63) is 24.3 Å². The van der Waals surface area contributed by atoms with Crippen LogP contribution < -0.4 is 5.32 Å². The van der Waals surface area contributed by atoms with Crippen molar-refractivity contribution in [1.29, 1.82) is 0 Å². The van der Waals surface area contributed by atoms with Crippen LogP contribution in [0.4, 0.5) is 0 Å². The molecular formula is C49H93NO5. The Morgan fingerprint density at radius 2 is 0.855 bits per heavy atom. The molecule has 0 spiro atoms. The number of unbranched alkanes of at least 4 members (excludes halogenated alkanes) is 29. The Bertz CT molecular complexity index is 858. The number of rotatable bonds is 44. The van der Waals surface area contributed by atoms with E-state index >= 15 is 0 Å². The van der Waals surface area contributed by atoms with Crippen molar-refractivity contribution in [3.8, 4) is 0 Å². The van der Waals surface area contributed by atoms with E-state index in [0.717, 1.165) is 70.6 Å². The maximum atomic E-state index is 12.4.